The molecule has 0 saturated carbocycles. The minimum absolute atomic E-state index is 0.0546. The number of para-hydroxylation sites is 1. The van der Waals surface area contributed by atoms with Crippen molar-refractivity contribution in [3.05, 3.63) is 29.8 Å². The van der Waals surface area contributed by atoms with E-state index >= 15 is 0 Å². The number of oxime groups is 1. The average Bonchev–Trinajstić information content (AvgIpc) is 2.49. The van der Waals surface area contributed by atoms with Gasteiger partial charge in [0.05, 0.1) is 5.56 Å². The van der Waals surface area contributed by atoms with Crippen LogP contribution in [0.1, 0.15) is 12.0 Å². The number of nitrogens with two attached hydrogens (primary N) is 1. The van der Waals surface area contributed by atoms with E-state index < -0.39 is 0 Å². The Kier molecular flexibility index (Phi) is 7.34. The quantitative estimate of drug-likeness (QED) is 0.219. The van der Waals surface area contributed by atoms with Crippen molar-refractivity contribution >= 4 is 23.5 Å². The summed E-state index contributed by atoms with van der Waals surface area (Å²) in [6, 6.07) is 6.80. The number of amides is 1. The van der Waals surface area contributed by atoms with Crippen molar-refractivity contribution in [1.82, 2.24) is 5.32 Å². The lowest BCUT2D eigenvalue weighted by Gasteiger charge is -2.10. The number of carbonyl (C=O) groups excluding carboxylic acids is 1. The molecule has 0 bridgehead atoms. The third kappa shape index (κ3) is 5.40. The summed E-state index contributed by atoms with van der Waals surface area (Å²) in [5, 5.41) is 14.4. The zero-order valence-corrected chi connectivity index (χ0v) is 12.2. The van der Waals surface area contributed by atoms with Gasteiger partial charge in [-0.15, -0.1) is 0 Å². The van der Waals surface area contributed by atoms with Crippen LogP contribution < -0.4 is 15.8 Å². The lowest BCUT2D eigenvalue weighted by Crippen LogP contribution is -2.30. The van der Waals surface area contributed by atoms with Crippen LogP contribution in [0.4, 0.5) is 0 Å². The van der Waals surface area contributed by atoms with Crippen molar-refractivity contribution in [3.8, 4) is 5.75 Å². The molecular weight excluding hydrogens is 278 g/mol. The molecule has 20 heavy (non-hydrogen) atoms. The molecule has 1 aromatic rings. The number of rotatable bonds is 8. The predicted molar refractivity (Wildman–Crippen MR) is 80.5 cm³/mol. The Bertz CT molecular complexity index is 466. The zero-order valence-electron chi connectivity index (χ0n) is 11.3. The van der Waals surface area contributed by atoms with E-state index in [2.05, 4.69) is 10.5 Å². The number of benzene rings is 1. The largest absolute Gasteiger partial charge is 0.483 e. The molecule has 0 unspecified atom stereocenters. The lowest BCUT2D eigenvalue weighted by atomic mass is 10.2. The molecule has 0 radical (unpaired) electrons. The van der Waals surface area contributed by atoms with Gasteiger partial charge in [-0.2, -0.15) is 11.8 Å². The molecule has 0 saturated heterocycles. The Hall–Kier alpha value is -1.89. The number of carbonyl (C=O) groups is 1. The first-order valence-electron chi connectivity index (χ1n) is 6.14. The van der Waals surface area contributed by atoms with E-state index in [1.165, 1.54) is 0 Å². The van der Waals surface area contributed by atoms with Crippen molar-refractivity contribution in [2.24, 2.45) is 10.9 Å². The second-order valence-corrected chi connectivity index (χ2v) is 4.95. The first kappa shape index (κ1) is 16.2. The Morgan fingerprint density at radius 1 is 1.50 bits per heavy atom. The van der Waals surface area contributed by atoms with Crippen molar-refractivity contribution in [3.63, 3.8) is 0 Å². The van der Waals surface area contributed by atoms with Gasteiger partial charge in [0.2, 0.25) is 0 Å². The third-order valence-electron chi connectivity index (χ3n) is 2.48. The minimum Gasteiger partial charge on any atom is -0.483 e. The Morgan fingerprint density at radius 3 is 2.95 bits per heavy atom. The van der Waals surface area contributed by atoms with Gasteiger partial charge >= 0.3 is 0 Å². The van der Waals surface area contributed by atoms with Gasteiger partial charge in [0.1, 0.15) is 5.75 Å². The average molecular weight is 297 g/mol. The standard InChI is InChI=1S/C13H19N3O3S/c1-20-8-4-7-15-12(17)9-19-11-6-3-2-5-10(11)13(14)16-18/h2-3,5-6,18H,4,7-9H2,1H3,(H2,14,16)(H,15,17). The summed E-state index contributed by atoms with van der Waals surface area (Å²) in [4.78, 5) is 11.6. The molecule has 6 nitrogen and oxygen atoms in total. The maximum absolute atomic E-state index is 11.6. The molecule has 7 heteroatoms. The van der Waals surface area contributed by atoms with E-state index in [0.717, 1.165) is 12.2 Å². The van der Waals surface area contributed by atoms with E-state index in [-0.39, 0.29) is 18.3 Å². The monoisotopic (exact) mass is 297 g/mol. The molecule has 0 atom stereocenters. The van der Waals surface area contributed by atoms with Crippen LogP contribution in [0, 0.1) is 0 Å². The summed E-state index contributed by atoms with van der Waals surface area (Å²) < 4.78 is 5.39. The molecule has 0 fully saturated rings. The number of ether oxygens (including phenoxy) is 1. The molecule has 4 N–H and O–H groups in total. The molecule has 110 valence electrons. The fraction of sp³-hybridized carbons (Fsp3) is 0.385. The molecule has 1 rings (SSSR count). The van der Waals surface area contributed by atoms with Gasteiger partial charge in [0.15, 0.2) is 12.4 Å². The van der Waals surface area contributed by atoms with Gasteiger partial charge in [-0.05, 0) is 30.6 Å². The first-order chi connectivity index (χ1) is 9.69. The van der Waals surface area contributed by atoms with Crippen LogP contribution >= 0.6 is 11.8 Å². The normalized spacial score (nSPS) is 11.2. The minimum atomic E-state index is -0.194. The van der Waals surface area contributed by atoms with Gasteiger partial charge in [-0.3, -0.25) is 4.79 Å². The van der Waals surface area contributed by atoms with Crippen LogP contribution in [-0.2, 0) is 4.79 Å². The topological polar surface area (TPSA) is 96.9 Å². The summed E-state index contributed by atoms with van der Waals surface area (Å²) in [5.41, 5.74) is 5.98. The smallest absolute Gasteiger partial charge is 0.257 e. The third-order valence-corrected chi connectivity index (χ3v) is 3.17. The number of hydrogen-bond acceptors (Lipinski definition) is 5. The van der Waals surface area contributed by atoms with E-state index in [0.29, 0.717) is 17.9 Å². The van der Waals surface area contributed by atoms with Gasteiger partial charge < -0.3 is 21.0 Å². The number of hydrogen-bond donors (Lipinski definition) is 3. The lowest BCUT2D eigenvalue weighted by molar-refractivity contribution is -0.123. The highest BCUT2D eigenvalue weighted by atomic mass is 32.2. The van der Waals surface area contributed by atoms with E-state index in [9.17, 15) is 4.79 Å². The Balaban J connectivity index is 2.47. The number of amidine groups is 1. The molecule has 1 aromatic carbocycles. The zero-order chi connectivity index (χ0) is 14.8. The summed E-state index contributed by atoms with van der Waals surface area (Å²) in [5.74, 6) is 1.16. The molecule has 1 amide bonds. The summed E-state index contributed by atoms with van der Waals surface area (Å²) in [6.07, 6.45) is 2.95. The van der Waals surface area contributed by atoms with Crippen LogP contribution in [0.2, 0.25) is 0 Å². The van der Waals surface area contributed by atoms with Crippen molar-refractivity contribution in [2.45, 2.75) is 6.42 Å². The van der Waals surface area contributed by atoms with E-state index in [1.54, 1.807) is 36.0 Å². The van der Waals surface area contributed by atoms with Gasteiger partial charge in [-0.1, -0.05) is 17.3 Å². The second kappa shape index (κ2) is 9.08. The van der Waals surface area contributed by atoms with E-state index in [1.807, 2.05) is 6.26 Å². The molecule has 0 aliphatic heterocycles. The first-order valence-corrected chi connectivity index (χ1v) is 7.53. The molecule has 0 aromatic heterocycles. The second-order valence-electron chi connectivity index (χ2n) is 3.97. The van der Waals surface area contributed by atoms with Crippen molar-refractivity contribution < 1.29 is 14.7 Å². The van der Waals surface area contributed by atoms with Crippen LogP contribution in [0.15, 0.2) is 29.4 Å². The maximum atomic E-state index is 11.6. The highest BCUT2D eigenvalue weighted by Crippen LogP contribution is 2.17. The Labute approximate surface area is 122 Å². The fourth-order valence-electron chi connectivity index (χ4n) is 1.50. The molecule has 0 aliphatic rings. The molecule has 0 spiro atoms. The number of thioether (sulfide) groups is 1. The predicted octanol–water partition coefficient (Wildman–Crippen LogP) is 1.03. The van der Waals surface area contributed by atoms with Crippen molar-refractivity contribution in [2.75, 3.05) is 25.2 Å². The fourth-order valence-corrected chi connectivity index (χ4v) is 1.93. The number of nitrogens with zero attached hydrogens (tertiary/aromatic N) is 1. The SMILES string of the molecule is CSCCCNC(=O)COc1ccccc1C(N)=NO. The Morgan fingerprint density at radius 2 is 2.25 bits per heavy atom. The van der Waals surface area contributed by atoms with Crippen molar-refractivity contribution in [1.29, 1.82) is 0 Å². The van der Waals surface area contributed by atoms with Gasteiger partial charge in [0, 0.05) is 6.54 Å². The maximum Gasteiger partial charge on any atom is 0.257 e. The highest BCUT2D eigenvalue weighted by molar-refractivity contribution is 7.98. The van der Waals surface area contributed by atoms with Crippen LogP contribution in [0.5, 0.6) is 5.75 Å². The van der Waals surface area contributed by atoms with Crippen LogP contribution in [-0.4, -0.2) is 42.1 Å². The molecular formula is C13H19N3O3S. The summed E-state index contributed by atoms with van der Waals surface area (Å²) >= 11 is 1.74. The van der Waals surface area contributed by atoms with Gasteiger partial charge in [0.25, 0.3) is 5.91 Å². The molecule has 0 heterocycles. The van der Waals surface area contributed by atoms with Crippen LogP contribution in [0.3, 0.4) is 0 Å². The van der Waals surface area contributed by atoms with Gasteiger partial charge in [-0.25, -0.2) is 0 Å². The van der Waals surface area contributed by atoms with Crippen LogP contribution in [0.25, 0.3) is 0 Å². The molecule has 0 aliphatic carbocycles. The highest BCUT2D eigenvalue weighted by Gasteiger charge is 2.09. The summed E-state index contributed by atoms with van der Waals surface area (Å²) in [7, 11) is 0. The number of nitrogens with one attached hydrogen (secondary N) is 1. The summed E-state index contributed by atoms with van der Waals surface area (Å²) in [6.45, 7) is 0.528. The van der Waals surface area contributed by atoms with E-state index in [4.69, 9.17) is 15.7 Å².